The molecule has 0 aliphatic rings. The van der Waals surface area contributed by atoms with Crippen molar-refractivity contribution in [1.29, 1.82) is 0 Å². The van der Waals surface area contributed by atoms with Gasteiger partial charge in [-0.15, -0.1) is 0 Å². The van der Waals surface area contributed by atoms with Gasteiger partial charge >= 0.3 is 17.7 Å². The Hall–Kier alpha value is -2.63. The smallest absolute Gasteiger partial charge is 0.384 e. The minimum Gasteiger partial charge on any atom is -0.465 e. The summed E-state index contributed by atoms with van der Waals surface area (Å²) in [6, 6.07) is 8.29. The van der Waals surface area contributed by atoms with Crippen LogP contribution in [-0.2, 0) is 19.1 Å². The van der Waals surface area contributed by atoms with E-state index in [1.807, 2.05) is 0 Å². The zero-order chi connectivity index (χ0) is 14.3. The molecule has 0 aliphatic carbocycles. The van der Waals surface area contributed by atoms with Crippen LogP contribution in [0.4, 0.5) is 0 Å². The molecule has 0 spiro atoms. The summed E-state index contributed by atoms with van der Waals surface area (Å²) >= 11 is 0. The van der Waals surface area contributed by atoms with Crippen LogP contribution in [0.2, 0.25) is 0 Å². The number of esters is 2. The third-order valence-corrected chi connectivity index (χ3v) is 2.23. The first kappa shape index (κ1) is 14.4. The molecule has 0 bridgehead atoms. The van der Waals surface area contributed by atoms with Gasteiger partial charge in [-0.25, -0.2) is 9.59 Å². The Morgan fingerprint density at radius 3 is 2.05 bits per heavy atom. The molecule has 0 radical (unpaired) electrons. The second-order valence-corrected chi connectivity index (χ2v) is 3.35. The van der Waals surface area contributed by atoms with Crippen LogP contribution in [0.1, 0.15) is 10.1 Å². The molecule has 0 fully saturated rings. The average molecular weight is 264 g/mol. The first-order valence-corrected chi connectivity index (χ1v) is 5.24. The standard InChI is InChI=1S/C13H12O6/c1-17-12(14)10(13(15)18-2)8-11(19-16)9-6-4-3-5-7-9/h3-8H,1-2H3. The van der Waals surface area contributed by atoms with Crippen LogP contribution in [0.3, 0.4) is 0 Å². The molecule has 19 heavy (non-hydrogen) atoms. The van der Waals surface area contributed by atoms with Gasteiger partial charge in [0.25, 0.3) is 0 Å². The van der Waals surface area contributed by atoms with Crippen LogP contribution in [0, 0.1) is 0 Å². The fraction of sp³-hybridized carbons (Fsp3) is 0.154. The summed E-state index contributed by atoms with van der Waals surface area (Å²) in [5.41, 5.74) is -0.0116. The molecular weight excluding hydrogens is 252 g/mol. The lowest BCUT2D eigenvalue weighted by molar-refractivity contribution is -0.937. The number of hydrogen-bond donors (Lipinski definition) is 0. The van der Waals surface area contributed by atoms with E-state index in [2.05, 4.69) is 14.0 Å². The Morgan fingerprint density at radius 1 is 1.11 bits per heavy atom. The fourth-order valence-corrected chi connectivity index (χ4v) is 1.31. The number of hydrogen-bond acceptors (Lipinski definition) is 5. The molecule has 0 aliphatic heterocycles. The Bertz CT molecular complexity index is 497. The molecule has 0 saturated heterocycles. The molecule has 0 heterocycles. The third kappa shape index (κ3) is 3.67. The molecule has 0 atom stereocenters. The summed E-state index contributed by atoms with van der Waals surface area (Å²) in [6.07, 6.45) is 0.986. The van der Waals surface area contributed by atoms with E-state index in [0.29, 0.717) is 5.56 Å². The molecule has 6 nitrogen and oxygen atoms in total. The molecule has 1 rings (SSSR count). The van der Waals surface area contributed by atoms with Gasteiger partial charge in [-0.05, 0) is 12.1 Å². The minimum absolute atomic E-state index is 0.189. The van der Waals surface area contributed by atoms with Crippen molar-refractivity contribution in [1.82, 2.24) is 0 Å². The Balaban J connectivity index is 3.20. The lowest BCUT2D eigenvalue weighted by Crippen LogP contribution is -2.18. The van der Waals surface area contributed by atoms with Crippen molar-refractivity contribution in [2.24, 2.45) is 0 Å². The summed E-state index contributed by atoms with van der Waals surface area (Å²) in [4.78, 5) is 22.9. The summed E-state index contributed by atoms with van der Waals surface area (Å²) in [7, 11) is 2.22. The van der Waals surface area contributed by atoms with E-state index in [0.717, 1.165) is 20.3 Å². The SMILES string of the molecule is COC(=O)C(=CC(=[O+][O-])c1ccccc1)C(=O)OC. The van der Waals surface area contributed by atoms with Gasteiger partial charge < -0.3 is 14.7 Å². The number of carbonyl (C=O) groups excluding carboxylic acids is 3. The highest BCUT2D eigenvalue weighted by atomic mass is 17.1. The van der Waals surface area contributed by atoms with Crippen LogP contribution in [0.5, 0.6) is 0 Å². The van der Waals surface area contributed by atoms with Gasteiger partial charge in [0.15, 0.2) is 5.57 Å². The second-order valence-electron chi connectivity index (χ2n) is 3.35. The summed E-state index contributed by atoms with van der Waals surface area (Å²) in [5.74, 6) is -2.03. The fourth-order valence-electron chi connectivity index (χ4n) is 1.31. The monoisotopic (exact) mass is 264 g/mol. The van der Waals surface area contributed by atoms with Crippen molar-refractivity contribution in [3.63, 3.8) is 0 Å². The third-order valence-electron chi connectivity index (χ3n) is 2.23. The lowest BCUT2D eigenvalue weighted by atomic mass is 10.1. The van der Waals surface area contributed by atoms with Gasteiger partial charge in [0.1, 0.15) is 0 Å². The Morgan fingerprint density at radius 2 is 1.63 bits per heavy atom. The van der Waals surface area contributed by atoms with Crippen LogP contribution >= 0.6 is 0 Å². The molecule has 0 aromatic heterocycles. The minimum atomic E-state index is -0.919. The summed E-state index contributed by atoms with van der Waals surface area (Å²) in [5, 5.41) is 10.7. The van der Waals surface area contributed by atoms with Crippen molar-refractivity contribution < 1.29 is 28.9 Å². The Kier molecular flexibility index (Phi) is 5.28. The number of allylic oxidation sites excluding steroid dienone is 1. The van der Waals surface area contributed by atoms with Gasteiger partial charge in [-0.3, -0.25) is 0 Å². The van der Waals surface area contributed by atoms with Gasteiger partial charge in [-0.2, -0.15) is 4.58 Å². The largest absolute Gasteiger partial charge is 0.465 e. The lowest BCUT2D eigenvalue weighted by Gasteiger charge is -2.01. The van der Waals surface area contributed by atoms with E-state index in [-0.39, 0.29) is 5.78 Å². The van der Waals surface area contributed by atoms with E-state index in [9.17, 15) is 14.8 Å². The first-order chi connectivity index (χ1) is 9.13. The van der Waals surface area contributed by atoms with E-state index < -0.39 is 17.5 Å². The van der Waals surface area contributed by atoms with E-state index in [4.69, 9.17) is 0 Å². The quantitative estimate of drug-likeness (QED) is 0.111. The van der Waals surface area contributed by atoms with Gasteiger partial charge in [0.05, 0.1) is 25.9 Å². The van der Waals surface area contributed by atoms with Gasteiger partial charge in [0, 0.05) is 0 Å². The predicted octanol–water partition coefficient (Wildman–Crippen LogP) is -0.0473. The predicted molar refractivity (Wildman–Crippen MR) is 62.9 cm³/mol. The van der Waals surface area contributed by atoms with E-state index in [1.54, 1.807) is 30.3 Å². The normalized spacial score (nSPS) is 10.5. The molecule has 1 aromatic carbocycles. The number of rotatable bonds is 4. The molecule has 6 heteroatoms. The van der Waals surface area contributed by atoms with E-state index >= 15 is 0 Å². The van der Waals surface area contributed by atoms with Crippen LogP contribution in [0.25, 0.3) is 0 Å². The van der Waals surface area contributed by atoms with Crippen LogP contribution in [0.15, 0.2) is 42.0 Å². The maximum atomic E-state index is 11.4. The van der Waals surface area contributed by atoms with Gasteiger partial charge in [0.2, 0.25) is 0 Å². The molecule has 0 amide bonds. The molecule has 0 unspecified atom stereocenters. The molecular formula is C13H12O6. The zero-order valence-electron chi connectivity index (χ0n) is 10.4. The molecule has 100 valence electrons. The van der Waals surface area contributed by atoms with E-state index in [1.165, 1.54) is 0 Å². The zero-order valence-corrected chi connectivity index (χ0v) is 10.4. The number of benzene rings is 1. The highest BCUT2D eigenvalue weighted by molar-refractivity contribution is 6.20. The highest BCUT2D eigenvalue weighted by Crippen LogP contribution is 2.07. The van der Waals surface area contributed by atoms with Crippen molar-refractivity contribution >= 4 is 17.7 Å². The molecule has 1 aromatic rings. The summed E-state index contributed by atoms with van der Waals surface area (Å²) < 4.78 is 12.8. The molecule has 0 saturated carbocycles. The number of carbonyl (C=O) groups is 2. The highest BCUT2D eigenvalue weighted by Gasteiger charge is 2.24. The second kappa shape index (κ2) is 6.95. The number of ketones is 1. The maximum absolute atomic E-state index is 11.4. The maximum Gasteiger partial charge on any atom is 0.384 e. The number of methoxy groups -OCH3 is 2. The van der Waals surface area contributed by atoms with Gasteiger partial charge in [-0.1, -0.05) is 18.2 Å². The summed E-state index contributed by atoms with van der Waals surface area (Å²) in [6.45, 7) is 0. The van der Waals surface area contributed by atoms with Crippen LogP contribution < -0.4 is 5.26 Å². The van der Waals surface area contributed by atoms with Crippen molar-refractivity contribution in [3.8, 4) is 0 Å². The Labute approximate surface area is 109 Å². The number of ether oxygens (including phenoxy) is 2. The average Bonchev–Trinajstić information content (AvgIpc) is 2.48. The van der Waals surface area contributed by atoms with Crippen LogP contribution in [-0.4, -0.2) is 31.9 Å². The van der Waals surface area contributed by atoms with Crippen molar-refractivity contribution in [2.75, 3.05) is 14.2 Å². The topological polar surface area (TPSA) is 87.0 Å². The first-order valence-electron chi connectivity index (χ1n) is 5.24. The van der Waals surface area contributed by atoms with Crippen molar-refractivity contribution in [2.45, 2.75) is 0 Å². The molecule has 0 N–H and O–H groups in total. The van der Waals surface area contributed by atoms with Crippen molar-refractivity contribution in [3.05, 3.63) is 47.5 Å².